The Balaban J connectivity index is 2.24. The quantitative estimate of drug-likeness (QED) is 0.573. The van der Waals surface area contributed by atoms with Gasteiger partial charge in [-0.3, -0.25) is 0 Å². The van der Waals surface area contributed by atoms with E-state index in [9.17, 15) is 5.26 Å². The smallest absolute Gasteiger partial charge is 0.0998 e. The summed E-state index contributed by atoms with van der Waals surface area (Å²) in [5.41, 5.74) is 2.66. The first kappa shape index (κ1) is 13.3. The normalized spacial score (nSPS) is 11.5. The van der Waals surface area contributed by atoms with Gasteiger partial charge < -0.3 is 0 Å². The second kappa shape index (κ2) is 6.72. The molecule has 1 nitrogen and oxygen atoms in total. The number of halogens is 1. The van der Waals surface area contributed by atoms with Gasteiger partial charge in [0.1, 0.15) is 0 Å². The zero-order valence-electron chi connectivity index (χ0n) is 10.3. The van der Waals surface area contributed by atoms with E-state index in [0.29, 0.717) is 5.57 Å². The highest BCUT2D eigenvalue weighted by molar-refractivity contribution is 9.10. The van der Waals surface area contributed by atoms with Crippen molar-refractivity contribution in [2.24, 2.45) is 0 Å². The van der Waals surface area contributed by atoms with Crippen LogP contribution in [0.2, 0.25) is 0 Å². The molecule has 0 saturated carbocycles. The van der Waals surface area contributed by atoms with Crippen LogP contribution in [-0.2, 0) is 0 Å². The number of benzene rings is 2. The average molecular weight is 310 g/mol. The summed E-state index contributed by atoms with van der Waals surface area (Å²) in [6.45, 7) is 0. The topological polar surface area (TPSA) is 23.8 Å². The van der Waals surface area contributed by atoms with Gasteiger partial charge in [0.05, 0.1) is 11.6 Å². The van der Waals surface area contributed by atoms with E-state index in [1.165, 1.54) is 0 Å². The van der Waals surface area contributed by atoms with Crippen molar-refractivity contribution in [2.75, 3.05) is 0 Å². The molecule has 2 rings (SSSR count). The zero-order chi connectivity index (χ0) is 13.5. The SMILES string of the molecule is N#C/C(=C/C=C/c1ccccc1)c1ccccc1Br. The van der Waals surface area contributed by atoms with Crippen molar-refractivity contribution in [3.8, 4) is 6.07 Å². The molecule has 92 valence electrons. The van der Waals surface area contributed by atoms with E-state index >= 15 is 0 Å². The fourth-order valence-electron chi connectivity index (χ4n) is 1.69. The van der Waals surface area contributed by atoms with Crippen molar-refractivity contribution in [3.05, 3.63) is 82.3 Å². The van der Waals surface area contributed by atoms with Crippen LogP contribution < -0.4 is 0 Å². The van der Waals surface area contributed by atoms with Crippen molar-refractivity contribution in [3.63, 3.8) is 0 Å². The molecule has 0 aliphatic heterocycles. The van der Waals surface area contributed by atoms with Gasteiger partial charge in [0.15, 0.2) is 0 Å². The van der Waals surface area contributed by atoms with Crippen LogP contribution in [0.5, 0.6) is 0 Å². The van der Waals surface area contributed by atoms with E-state index in [1.807, 2.05) is 72.8 Å². The number of nitriles is 1. The highest BCUT2D eigenvalue weighted by Crippen LogP contribution is 2.23. The maximum atomic E-state index is 9.23. The van der Waals surface area contributed by atoms with E-state index in [-0.39, 0.29) is 0 Å². The maximum absolute atomic E-state index is 9.23. The molecule has 0 unspecified atom stereocenters. The molecule has 0 saturated heterocycles. The number of allylic oxidation sites excluding steroid dienone is 3. The number of rotatable bonds is 3. The molecular weight excluding hydrogens is 298 g/mol. The molecule has 2 aromatic rings. The first-order valence-corrected chi connectivity index (χ1v) is 6.69. The second-order valence-corrected chi connectivity index (χ2v) is 4.80. The van der Waals surface area contributed by atoms with Gasteiger partial charge in [-0.2, -0.15) is 5.26 Å². The molecule has 0 bridgehead atoms. The van der Waals surface area contributed by atoms with Crippen LogP contribution in [0.1, 0.15) is 11.1 Å². The molecule has 0 spiro atoms. The van der Waals surface area contributed by atoms with E-state index in [2.05, 4.69) is 22.0 Å². The summed E-state index contributed by atoms with van der Waals surface area (Å²) < 4.78 is 0.927. The second-order valence-electron chi connectivity index (χ2n) is 3.94. The Hall–Kier alpha value is -2.11. The third kappa shape index (κ3) is 3.67. The summed E-state index contributed by atoms with van der Waals surface area (Å²) in [5.74, 6) is 0. The van der Waals surface area contributed by atoms with Crippen molar-refractivity contribution in [1.29, 1.82) is 5.26 Å². The van der Waals surface area contributed by atoms with Gasteiger partial charge in [-0.15, -0.1) is 0 Å². The first-order valence-electron chi connectivity index (χ1n) is 5.89. The molecular formula is C17H12BrN. The van der Waals surface area contributed by atoms with Crippen molar-refractivity contribution in [1.82, 2.24) is 0 Å². The van der Waals surface area contributed by atoms with Crippen LogP contribution in [0.4, 0.5) is 0 Å². The third-order valence-corrected chi connectivity index (χ3v) is 3.33. The Morgan fingerprint density at radius 2 is 1.68 bits per heavy atom. The standard InChI is InChI=1S/C17H12BrN/c18-17-12-5-4-11-16(17)15(13-19)10-6-9-14-7-2-1-3-8-14/h1-12H/b9-6+,15-10-. The Morgan fingerprint density at radius 1 is 1.00 bits per heavy atom. The monoisotopic (exact) mass is 309 g/mol. The fourth-order valence-corrected chi connectivity index (χ4v) is 2.18. The minimum Gasteiger partial charge on any atom is -0.192 e. The molecule has 0 aliphatic carbocycles. The summed E-state index contributed by atoms with van der Waals surface area (Å²) in [4.78, 5) is 0. The van der Waals surface area contributed by atoms with Crippen LogP contribution in [0.3, 0.4) is 0 Å². The summed E-state index contributed by atoms with van der Waals surface area (Å²) >= 11 is 3.46. The Kier molecular flexibility index (Phi) is 4.72. The maximum Gasteiger partial charge on any atom is 0.0998 e. The van der Waals surface area contributed by atoms with E-state index in [4.69, 9.17) is 0 Å². The lowest BCUT2D eigenvalue weighted by atomic mass is 10.1. The molecule has 0 heterocycles. The summed E-state index contributed by atoms with van der Waals surface area (Å²) in [6, 6.07) is 19.9. The minimum atomic E-state index is 0.639. The Morgan fingerprint density at radius 3 is 2.37 bits per heavy atom. The van der Waals surface area contributed by atoms with Crippen LogP contribution in [0.15, 0.2) is 71.2 Å². The first-order chi connectivity index (χ1) is 9.31. The molecule has 0 fully saturated rings. The van der Waals surface area contributed by atoms with Gasteiger partial charge in [-0.1, -0.05) is 76.6 Å². The number of hydrogen-bond donors (Lipinski definition) is 0. The zero-order valence-corrected chi connectivity index (χ0v) is 11.8. The summed E-state index contributed by atoms with van der Waals surface area (Å²) in [5, 5.41) is 9.23. The molecule has 2 aromatic carbocycles. The Bertz CT molecular complexity index is 648. The predicted molar refractivity (Wildman–Crippen MR) is 83.2 cm³/mol. The van der Waals surface area contributed by atoms with Gasteiger partial charge >= 0.3 is 0 Å². The summed E-state index contributed by atoms with van der Waals surface area (Å²) in [6.07, 6.45) is 5.70. The van der Waals surface area contributed by atoms with Gasteiger partial charge in [0.25, 0.3) is 0 Å². The van der Waals surface area contributed by atoms with Crippen molar-refractivity contribution < 1.29 is 0 Å². The van der Waals surface area contributed by atoms with E-state index in [0.717, 1.165) is 15.6 Å². The fraction of sp³-hybridized carbons (Fsp3) is 0. The molecule has 2 heteroatoms. The average Bonchev–Trinajstić information content (AvgIpc) is 2.46. The molecule has 0 aromatic heterocycles. The molecule has 0 amide bonds. The lowest BCUT2D eigenvalue weighted by molar-refractivity contribution is 1.51. The largest absolute Gasteiger partial charge is 0.192 e. The van der Waals surface area contributed by atoms with Gasteiger partial charge in [0.2, 0.25) is 0 Å². The lowest BCUT2D eigenvalue weighted by Crippen LogP contribution is -1.82. The number of nitrogens with zero attached hydrogens (tertiary/aromatic N) is 1. The van der Waals surface area contributed by atoms with Crippen LogP contribution >= 0.6 is 15.9 Å². The van der Waals surface area contributed by atoms with Gasteiger partial charge in [-0.05, 0) is 17.7 Å². The molecule has 0 atom stereocenters. The molecule has 0 radical (unpaired) electrons. The van der Waals surface area contributed by atoms with Gasteiger partial charge in [0, 0.05) is 10.0 Å². The van der Waals surface area contributed by atoms with Gasteiger partial charge in [-0.25, -0.2) is 0 Å². The molecule has 0 aliphatic rings. The van der Waals surface area contributed by atoms with Crippen LogP contribution in [0, 0.1) is 11.3 Å². The highest BCUT2D eigenvalue weighted by Gasteiger charge is 2.02. The minimum absolute atomic E-state index is 0.639. The molecule has 0 N–H and O–H groups in total. The summed E-state index contributed by atoms with van der Waals surface area (Å²) in [7, 11) is 0. The van der Waals surface area contributed by atoms with Crippen molar-refractivity contribution >= 4 is 27.6 Å². The predicted octanol–water partition coefficient (Wildman–Crippen LogP) is 5.07. The lowest BCUT2D eigenvalue weighted by Gasteiger charge is -2.00. The van der Waals surface area contributed by atoms with Crippen LogP contribution in [-0.4, -0.2) is 0 Å². The van der Waals surface area contributed by atoms with Crippen LogP contribution in [0.25, 0.3) is 11.6 Å². The number of hydrogen-bond acceptors (Lipinski definition) is 1. The van der Waals surface area contributed by atoms with E-state index in [1.54, 1.807) is 0 Å². The highest BCUT2D eigenvalue weighted by atomic mass is 79.9. The van der Waals surface area contributed by atoms with Crippen molar-refractivity contribution in [2.45, 2.75) is 0 Å². The third-order valence-electron chi connectivity index (χ3n) is 2.64. The van der Waals surface area contributed by atoms with E-state index < -0.39 is 0 Å². The Labute approximate surface area is 121 Å². The molecule has 19 heavy (non-hydrogen) atoms.